The first-order valence-corrected chi connectivity index (χ1v) is 7.93. The molecule has 118 valence electrons. The maximum atomic E-state index is 12.8. The van der Waals surface area contributed by atoms with Crippen LogP contribution in [0.5, 0.6) is 0 Å². The van der Waals surface area contributed by atoms with Gasteiger partial charge in [-0.15, -0.1) is 11.3 Å². The maximum absolute atomic E-state index is 12.8. The van der Waals surface area contributed by atoms with Crippen molar-refractivity contribution < 1.29 is 13.6 Å². The van der Waals surface area contributed by atoms with E-state index in [9.17, 15) is 13.6 Å². The van der Waals surface area contributed by atoms with E-state index in [-0.39, 0.29) is 11.4 Å². The van der Waals surface area contributed by atoms with E-state index in [1.54, 1.807) is 25.1 Å². The molecule has 0 radical (unpaired) electrons. The second-order valence-electron chi connectivity index (χ2n) is 4.49. The van der Waals surface area contributed by atoms with Crippen molar-refractivity contribution in [2.45, 2.75) is 19.8 Å². The van der Waals surface area contributed by atoms with Crippen LogP contribution in [-0.4, -0.2) is 17.4 Å². The fourth-order valence-electron chi connectivity index (χ4n) is 1.87. The van der Waals surface area contributed by atoms with Crippen molar-refractivity contribution in [2.24, 2.45) is 0 Å². The molecule has 2 rings (SSSR count). The minimum atomic E-state index is -2.77. The van der Waals surface area contributed by atoms with Crippen LogP contribution in [0.25, 0.3) is 0 Å². The number of carbonyl (C=O) groups is 1. The van der Waals surface area contributed by atoms with Gasteiger partial charge in [-0.2, -0.15) is 0 Å². The van der Waals surface area contributed by atoms with Crippen LogP contribution in [0.2, 0.25) is 10.0 Å². The first kappa shape index (κ1) is 17.1. The van der Waals surface area contributed by atoms with Crippen molar-refractivity contribution in [2.75, 3.05) is 6.54 Å². The van der Waals surface area contributed by atoms with E-state index in [0.717, 1.165) is 16.9 Å². The van der Waals surface area contributed by atoms with E-state index in [4.69, 9.17) is 23.2 Å². The molecule has 0 bridgehead atoms. The molecule has 0 saturated heterocycles. The zero-order valence-electron chi connectivity index (χ0n) is 11.5. The zero-order valence-corrected chi connectivity index (χ0v) is 13.8. The molecule has 1 N–H and O–H groups in total. The number of nitrogens with one attached hydrogen (secondary N) is 1. The lowest BCUT2D eigenvalue weighted by Crippen LogP contribution is -2.26. The van der Waals surface area contributed by atoms with E-state index < -0.39 is 18.0 Å². The lowest BCUT2D eigenvalue weighted by molar-refractivity contribution is 0.0943. The summed E-state index contributed by atoms with van der Waals surface area (Å²) in [6, 6.07) is 5.08. The Labute approximate surface area is 140 Å². The van der Waals surface area contributed by atoms with E-state index in [0.29, 0.717) is 21.5 Å². The van der Waals surface area contributed by atoms with Gasteiger partial charge in [-0.05, 0) is 31.0 Å². The monoisotopic (exact) mass is 364 g/mol. The van der Waals surface area contributed by atoms with E-state index in [2.05, 4.69) is 10.3 Å². The number of hydrogen-bond acceptors (Lipinski definition) is 3. The first-order valence-electron chi connectivity index (χ1n) is 6.36. The summed E-state index contributed by atoms with van der Waals surface area (Å²) >= 11 is 12.8. The number of rotatable bonds is 5. The summed E-state index contributed by atoms with van der Waals surface area (Å²) in [7, 11) is 0. The Balaban J connectivity index is 1.98. The Morgan fingerprint density at radius 1 is 1.41 bits per heavy atom. The molecule has 0 spiro atoms. The molecular formula is C14H12Cl2F2N2OS. The second kappa shape index (κ2) is 7.35. The number of carbonyl (C=O) groups excluding carboxylic acids is 1. The summed E-state index contributed by atoms with van der Waals surface area (Å²) in [6.07, 6.45) is -2.29. The van der Waals surface area contributed by atoms with Crippen LogP contribution in [0.3, 0.4) is 0 Å². The van der Waals surface area contributed by atoms with Gasteiger partial charge >= 0.3 is 0 Å². The van der Waals surface area contributed by atoms with E-state index in [1.807, 2.05) is 0 Å². The van der Waals surface area contributed by atoms with Gasteiger partial charge in [0, 0.05) is 16.6 Å². The van der Waals surface area contributed by atoms with Gasteiger partial charge in [-0.1, -0.05) is 29.3 Å². The molecule has 0 fully saturated rings. The Bertz CT molecular complexity index is 691. The number of alkyl halides is 2. The fraction of sp³-hybridized carbons (Fsp3) is 0.286. The molecule has 0 aliphatic carbocycles. The number of amides is 1. The molecule has 1 aromatic heterocycles. The predicted octanol–water partition coefficient (Wildman–Crippen LogP) is 4.67. The highest BCUT2D eigenvalue weighted by molar-refractivity contribution is 7.13. The van der Waals surface area contributed by atoms with Gasteiger partial charge in [-0.25, -0.2) is 13.8 Å². The van der Waals surface area contributed by atoms with Crippen molar-refractivity contribution in [3.8, 4) is 0 Å². The number of halogens is 4. The van der Waals surface area contributed by atoms with Gasteiger partial charge in [0.15, 0.2) is 0 Å². The third-order valence-corrected chi connectivity index (χ3v) is 4.44. The molecule has 0 saturated carbocycles. The molecular weight excluding hydrogens is 353 g/mol. The van der Waals surface area contributed by atoms with E-state index in [1.165, 1.54) is 0 Å². The summed E-state index contributed by atoms with van der Waals surface area (Å²) in [6.45, 7) is 1.86. The molecule has 2 aromatic rings. The van der Waals surface area contributed by atoms with Crippen molar-refractivity contribution in [1.29, 1.82) is 0 Å². The Kier molecular flexibility index (Phi) is 5.72. The number of nitrogens with zero attached hydrogens (tertiary/aromatic N) is 1. The largest absolute Gasteiger partial charge is 0.351 e. The fourth-order valence-corrected chi connectivity index (χ4v) is 3.22. The van der Waals surface area contributed by atoms with Gasteiger partial charge in [0.05, 0.1) is 5.01 Å². The van der Waals surface area contributed by atoms with Gasteiger partial charge in [0.1, 0.15) is 10.6 Å². The third kappa shape index (κ3) is 4.15. The molecule has 1 heterocycles. The summed E-state index contributed by atoms with van der Waals surface area (Å²) in [4.78, 5) is 15.6. The van der Waals surface area contributed by atoms with Gasteiger partial charge in [0.25, 0.3) is 12.3 Å². The molecule has 8 heteroatoms. The Morgan fingerprint density at radius 3 is 2.77 bits per heavy atom. The number of thiazole rings is 1. The average Bonchev–Trinajstić information content (AvgIpc) is 2.83. The number of aryl methyl sites for hydroxylation is 1. The van der Waals surface area contributed by atoms with Crippen LogP contribution in [0.15, 0.2) is 18.2 Å². The molecule has 1 amide bonds. The minimum Gasteiger partial charge on any atom is -0.351 e. The van der Waals surface area contributed by atoms with Crippen molar-refractivity contribution in [3.05, 3.63) is 49.4 Å². The standard InChI is InChI=1S/C14H12Cl2F2N2OS/c1-7-20-11(13(17)18)12(22-7)14(21)19-5-4-8-2-3-9(15)6-10(8)16/h2-3,6,13H,4-5H2,1H3,(H,19,21). The highest BCUT2D eigenvalue weighted by Crippen LogP contribution is 2.27. The van der Waals surface area contributed by atoms with Gasteiger partial charge < -0.3 is 5.32 Å². The van der Waals surface area contributed by atoms with Crippen LogP contribution in [0.4, 0.5) is 8.78 Å². The Hall–Kier alpha value is -1.24. The zero-order chi connectivity index (χ0) is 16.3. The second-order valence-corrected chi connectivity index (χ2v) is 6.54. The number of aromatic nitrogens is 1. The molecule has 0 atom stereocenters. The van der Waals surface area contributed by atoms with Crippen molar-refractivity contribution >= 4 is 40.4 Å². The van der Waals surface area contributed by atoms with Crippen LogP contribution >= 0.6 is 34.5 Å². The van der Waals surface area contributed by atoms with Gasteiger partial charge in [-0.3, -0.25) is 4.79 Å². The van der Waals surface area contributed by atoms with Crippen LogP contribution < -0.4 is 5.32 Å². The average molecular weight is 365 g/mol. The molecule has 3 nitrogen and oxygen atoms in total. The van der Waals surface area contributed by atoms with Crippen molar-refractivity contribution in [3.63, 3.8) is 0 Å². The molecule has 22 heavy (non-hydrogen) atoms. The normalized spacial score (nSPS) is 11.0. The molecule has 0 unspecified atom stereocenters. The van der Waals surface area contributed by atoms with Gasteiger partial charge in [0.2, 0.25) is 0 Å². The maximum Gasteiger partial charge on any atom is 0.282 e. The smallest absolute Gasteiger partial charge is 0.282 e. The quantitative estimate of drug-likeness (QED) is 0.837. The Morgan fingerprint density at radius 2 is 2.14 bits per heavy atom. The van der Waals surface area contributed by atoms with Crippen LogP contribution in [0, 0.1) is 6.92 Å². The lowest BCUT2D eigenvalue weighted by Gasteiger charge is -2.07. The topological polar surface area (TPSA) is 42.0 Å². The lowest BCUT2D eigenvalue weighted by atomic mass is 10.1. The third-order valence-electron chi connectivity index (χ3n) is 2.87. The number of benzene rings is 1. The van der Waals surface area contributed by atoms with Crippen LogP contribution in [-0.2, 0) is 6.42 Å². The van der Waals surface area contributed by atoms with E-state index >= 15 is 0 Å². The summed E-state index contributed by atoms with van der Waals surface area (Å²) in [5, 5.41) is 4.07. The highest BCUT2D eigenvalue weighted by Gasteiger charge is 2.23. The summed E-state index contributed by atoms with van der Waals surface area (Å²) in [5.41, 5.74) is 0.352. The first-order chi connectivity index (χ1) is 10.4. The van der Waals surface area contributed by atoms with Crippen molar-refractivity contribution in [1.82, 2.24) is 10.3 Å². The summed E-state index contributed by atoms with van der Waals surface area (Å²) in [5.74, 6) is -0.550. The minimum absolute atomic E-state index is 0.0466. The molecule has 0 aliphatic rings. The number of hydrogen-bond donors (Lipinski definition) is 1. The highest BCUT2D eigenvalue weighted by atomic mass is 35.5. The summed E-state index contributed by atoms with van der Waals surface area (Å²) < 4.78 is 25.6. The molecule has 1 aromatic carbocycles. The van der Waals surface area contributed by atoms with Crippen LogP contribution in [0.1, 0.15) is 32.4 Å². The predicted molar refractivity (Wildman–Crippen MR) is 84.3 cm³/mol. The molecule has 0 aliphatic heterocycles. The SMILES string of the molecule is Cc1nc(C(F)F)c(C(=O)NCCc2ccc(Cl)cc2Cl)s1.